The van der Waals surface area contributed by atoms with Gasteiger partial charge in [0, 0.05) is 12.1 Å². The van der Waals surface area contributed by atoms with Gasteiger partial charge >= 0.3 is 0 Å². The SMILES string of the molecule is Fc1ccc(C2CNC3(CCCCC3)CO2)cc1Cl. The number of benzene rings is 1. The molecule has 2 aliphatic rings. The summed E-state index contributed by atoms with van der Waals surface area (Å²) >= 11 is 5.82. The molecule has 1 spiro atoms. The lowest BCUT2D eigenvalue weighted by Gasteiger charge is -2.43. The maximum atomic E-state index is 13.2. The Balaban J connectivity index is 1.67. The topological polar surface area (TPSA) is 21.3 Å². The number of hydrogen-bond acceptors (Lipinski definition) is 2. The lowest BCUT2D eigenvalue weighted by atomic mass is 9.81. The summed E-state index contributed by atoms with van der Waals surface area (Å²) in [4.78, 5) is 0. The van der Waals surface area contributed by atoms with E-state index in [0.717, 1.165) is 18.7 Å². The first-order chi connectivity index (χ1) is 9.19. The summed E-state index contributed by atoms with van der Waals surface area (Å²) < 4.78 is 19.2. The molecule has 1 aliphatic carbocycles. The molecule has 2 nitrogen and oxygen atoms in total. The molecule has 0 bridgehead atoms. The highest BCUT2D eigenvalue weighted by Gasteiger charge is 2.36. The highest BCUT2D eigenvalue weighted by atomic mass is 35.5. The van der Waals surface area contributed by atoms with Crippen molar-refractivity contribution in [1.82, 2.24) is 5.32 Å². The van der Waals surface area contributed by atoms with Crippen LogP contribution in [0.25, 0.3) is 0 Å². The van der Waals surface area contributed by atoms with Crippen LogP contribution >= 0.6 is 11.6 Å². The summed E-state index contributed by atoms with van der Waals surface area (Å²) in [7, 11) is 0. The molecule has 4 heteroatoms. The average molecular weight is 284 g/mol. The minimum absolute atomic E-state index is 0.0225. The van der Waals surface area contributed by atoms with Gasteiger partial charge < -0.3 is 10.1 Å². The van der Waals surface area contributed by atoms with Gasteiger partial charge in [-0.2, -0.15) is 0 Å². The third kappa shape index (κ3) is 2.78. The molecular formula is C15H19ClFNO. The van der Waals surface area contributed by atoms with Crippen LogP contribution in [0.5, 0.6) is 0 Å². The molecule has 0 radical (unpaired) electrons. The molecule has 1 atom stereocenters. The molecule has 2 fully saturated rings. The third-order valence-electron chi connectivity index (χ3n) is 4.35. The van der Waals surface area contributed by atoms with Crippen LogP contribution in [-0.2, 0) is 4.74 Å². The first kappa shape index (κ1) is 13.3. The maximum Gasteiger partial charge on any atom is 0.141 e. The monoisotopic (exact) mass is 283 g/mol. The van der Waals surface area contributed by atoms with Gasteiger partial charge in [0.15, 0.2) is 0 Å². The number of morpholine rings is 1. The fourth-order valence-electron chi connectivity index (χ4n) is 3.16. The van der Waals surface area contributed by atoms with Crippen LogP contribution in [0.1, 0.15) is 43.8 Å². The van der Waals surface area contributed by atoms with Crippen LogP contribution in [0.4, 0.5) is 4.39 Å². The van der Waals surface area contributed by atoms with Crippen molar-refractivity contribution in [2.75, 3.05) is 13.2 Å². The predicted molar refractivity (Wildman–Crippen MR) is 73.9 cm³/mol. The second-order valence-corrected chi connectivity index (χ2v) is 6.10. The van der Waals surface area contributed by atoms with E-state index in [1.807, 2.05) is 0 Å². The largest absolute Gasteiger partial charge is 0.370 e. The summed E-state index contributed by atoms with van der Waals surface area (Å²) in [5.41, 5.74) is 1.13. The average Bonchev–Trinajstić information content (AvgIpc) is 2.44. The van der Waals surface area contributed by atoms with E-state index in [1.54, 1.807) is 12.1 Å². The van der Waals surface area contributed by atoms with E-state index in [2.05, 4.69) is 5.32 Å². The van der Waals surface area contributed by atoms with Crippen molar-refractivity contribution in [2.24, 2.45) is 0 Å². The summed E-state index contributed by atoms with van der Waals surface area (Å²) in [6.07, 6.45) is 6.27. The normalized spacial score (nSPS) is 26.5. The second-order valence-electron chi connectivity index (χ2n) is 5.70. The van der Waals surface area contributed by atoms with Crippen molar-refractivity contribution in [1.29, 1.82) is 0 Å². The van der Waals surface area contributed by atoms with Gasteiger partial charge in [-0.05, 0) is 30.5 Å². The highest BCUT2D eigenvalue weighted by Crippen LogP contribution is 2.34. The second kappa shape index (κ2) is 5.39. The Labute approximate surface area is 118 Å². The molecule has 104 valence electrons. The lowest BCUT2D eigenvalue weighted by Crippen LogP contribution is -2.55. The number of halogens is 2. The highest BCUT2D eigenvalue weighted by molar-refractivity contribution is 6.30. The van der Waals surface area contributed by atoms with Gasteiger partial charge in [0.05, 0.1) is 17.7 Å². The van der Waals surface area contributed by atoms with Gasteiger partial charge in [0.2, 0.25) is 0 Å². The van der Waals surface area contributed by atoms with Crippen LogP contribution < -0.4 is 5.32 Å². The van der Waals surface area contributed by atoms with Gasteiger partial charge in [-0.1, -0.05) is 36.9 Å². The number of rotatable bonds is 1. The van der Waals surface area contributed by atoms with E-state index in [4.69, 9.17) is 16.3 Å². The van der Waals surface area contributed by atoms with E-state index in [-0.39, 0.29) is 22.5 Å². The standard InChI is InChI=1S/C15H19ClFNO/c16-12-8-11(4-5-13(12)17)14-9-18-15(10-19-14)6-2-1-3-7-15/h4-5,8,14,18H,1-3,6-7,9-10H2. The number of hydrogen-bond donors (Lipinski definition) is 1. The molecule has 1 N–H and O–H groups in total. The van der Waals surface area contributed by atoms with E-state index in [9.17, 15) is 4.39 Å². The zero-order chi connectivity index (χ0) is 13.3. The Hall–Kier alpha value is -0.640. The van der Waals surface area contributed by atoms with Crippen molar-refractivity contribution in [3.05, 3.63) is 34.6 Å². The maximum absolute atomic E-state index is 13.2. The fraction of sp³-hybridized carbons (Fsp3) is 0.600. The third-order valence-corrected chi connectivity index (χ3v) is 4.64. The smallest absolute Gasteiger partial charge is 0.141 e. The molecule has 0 amide bonds. The Morgan fingerprint density at radius 3 is 2.68 bits per heavy atom. The predicted octanol–water partition coefficient (Wildman–Crippen LogP) is 3.84. The molecule has 1 saturated carbocycles. The zero-order valence-electron chi connectivity index (χ0n) is 10.9. The summed E-state index contributed by atoms with van der Waals surface area (Å²) in [5.74, 6) is -0.377. The van der Waals surface area contributed by atoms with Crippen molar-refractivity contribution < 1.29 is 9.13 Å². The molecule has 1 aromatic rings. The van der Waals surface area contributed by atoms with Crippen molar-refractivity contribution >= 4 is 11.6 Å². The molecule has 3 rings (SSSR count). The van der Waals surface area contributed by atoms with Crippen molar-refractivity contribution in [2.45, 2.75) is 43.7 Å². The van der Waals surface area contributed by atoms with E-state index >= 15 is 0 Å². The lowest BCUT2D eigenvalue weighted by molar-refractivity contribution is -0.0466. The molecule has 1 heterocycles. The minimum atomic E-state index is -0.377. The Morgan fingerprint density at radius 1 is 1.26 bits per heavy atom. The molecule has 19 heavy (non-hydrogen) atoms. The number of nitrogens with one attached hydrogen (secondary N) is 1. The first-order valence-electron chi connectivity index (χ1n) is 7.00. The fourth-order valence-corrected chi connectivity index (χ4v) is 3.34. The summed E-state index contributed by atoms with van der Waals surface area (Å²) in [6, 6.07) is 4.83. The van der Waals surface area contributed by atoms with E-state index in [0.29, 0.717) is 0 Å². The molecule has 1 saturated heterocycles. The number of ether oxygens (including phenoxy) is 1. The summed E-state index contributed by atoms with van der Waals surface area (Å²) in [5, 5.41) is 3.82. The molecule has 1 unspecified atom stereocenters. The van der Waals surface area contributed by atoms with Gasteiger partial charge in [-0.15, -0.1) is 0 Å². The van der Waals surface area contributed by atoms with Gasteiger partial charge in [-0.3, -0.25) is 0 Å². The van der Waals surface area contributed by atoms with Crippen LogP contribution in [-0.4, -0.2) is 18.7 Å². The van der Waals surface area contributed by atoms with Crippen molar-refractivity contribution in [3.63, 3.8) is 0 Å². The quantitative estimate of drug-likeness (QED) is 0.845. The molecule has 1 aromatic carbocycles. The Morgan fingerprint density at radius 2 is 2.05 bits per heavy atom. The summed E-state index contributed by atoms with van der Waals surface area (Å²) in [6.45, 7) is 1.52. The van der Waals surface area contributed by atoms with Gasteiger partial charge in [-0.25, -0.2) is 4.39 Å². The van der Waals surface area contributed by atoms with E-state index < -0.39 is 0 Å². The zero-order valence-corrected chi connectivity index (χ0v) is 11.7. The Bertz CT molecular complexity index is 449. The Kier molecular flexibility index (Phi) is 3.79. The minimum Gasteiger partial charge on any atom is -0.370 e. The van der Waals surface area contributed by atoms with Gasteiger partial charge in [0.25, 0.3) is 0 Å². The molecule has 0 aromatic heterocycles. The molecular weight excluding hydrogens is 265 g/mol. The first-order valence-corrected chi connectivity index (χ1v) is 7.38. The van der Waals surface area contributed by atoms with Gasteiger partial charge in [0.1, 0.15) is 5.82 Å². The van der Waals surface area contributed by atoms with Crippen molar-refractivity contribution in [3.8, 4) is 0 Å². The van der Waals surface area contributed by atoms with Crippen LogP contribution in [0.3, 0.4) is 0 Å². The van der Waals surface area contributed by atoms with Crippen LogP contribution in [0.2, 0.25) is 5.02 Å². The van der Waals surface area contributed by atoms with Crippen LogP contribution in [0.15, 0.2) is 18.2 Å². The van der Waals surface area contributed by atoms with Crippen LogP contribution in [0, 0.1) is 5.82 Å². The van der Waals surface area contributed by atoms with E-state index in [1.165, 1.54) is 38.2 Å². The molecule has 1 aliphatic heterocycles.